The van der Waals surface area contributed by atoms with Gasteiger partial charge in [0.25, 0.3) is 0 Å². The largest absolute Gasteiger partial charge is 2.00 e. The van der Waals surface area contributed by atoms with Crippen molar-refractivity contribution in [1.82, 2.24) is 0 Å². The molecule has 2 aromatic carbocycles. The van der Waals surface area contributed by atoms with E-state index < -0.39 is 22.4 Å². The minimum absolute atomic E-state index is 0. The van der Waals surface area contributed by atoms with Crippen molar-refractivity contribution in [2.75, 3.05) is 0 Å². The van der Waals surface area contributed by atoms with E-state index in [4.69, 9.17) is 19.6 Å². The molecule has 0 fully saturated rings. The summed E-state index contributed by atoms with van der Waals surface area (Å²) in [7, 11) is 0. The van der Waals surface area contributed by atoms with Crippen molar-refractivity contribution in [2.24, 2.45) is 0 Å². The van der Waals surface area contributed by atoms with Crippen LogP contribution in [0.2, 0.25) is 0 Å². The van der Waals surface area contributed by atoms with Crippen LogP contribution in [-0.4, -0.2) is 32.6 Å². The van der Waals surface area contributed by atoms with Crippen molar-refractivity contribution in [3.05, 3.63) is 59.7 Å². The second-order valence-electron chi connectivity index (χ2n) is 13.4. The third kappa shape index (κ3) is 16.1. The first-order valence-electron chi connectivity index (χ1n) is 14.9. The number of hydrogen-bond donors (Lipinski definition) is 2. The average molecular weight is 639 g/mol. The van der Waals surface area contributed by atoms with Crippen LogP contribution in [0.4, 0.5) is 0 Å². The standard InChI is InChI=1S/2C18H27O3.Fe/c2*1-7-12-16(2,3)20-21-17(4,5)13-14-18(6,19)15-10-8-9-11-15;/h2*8-11,19H,7,12H2,1-6H3;/q2*-1;+2. The fourth-order valence-corrected chi connectivity index (χ4v) is 3.85. The molecule has 0 amide bonds. The molecule has 242 valence electrons. The third-order valence-corrected chi connectivity index (χ3v) is 6.32. The Balaban J connectivity index is 0.000000802. The molecule has 7 heteroatoms. The van der Waals surface area contributed by atoms with Crippen molar-refractivity contribution in [1.29, 1.82) is 0 Å². The van der Waals surface area contributed by atoms with Gasteiger partial charge >= 0.3 is 17.1 Å². The summed E-state index contributed by atoms with van der Waals surface area (Å²) >= 11 is 0. The van der Waals surface area contributed by atoms with Gasteiger partial charge < -0.3 is 10.2 Å². The van der Waals surface area contributed by atoms with Gasteiger partial charge in [0.2, 0.25) is 0 Å². The zero-order valence-corrected chi connectivity index (χ0v) is 29.4. The molecule has 2 unspecified atom stereocenters. The maximum Gasteiger partial charge on any atom is 2.00 e. The van der Waals surface area contributed by atoms with Crippen molar-refractivity contribution < 1.29 is 46.8 Å². The summed E-state index contributed by atoms with van der Waals surface area (Å²) in [4.78, 5) is 22.0. The van der Waals surface area contributed by atoms with E-state index in [0.29, 0.717) is 0 Å². The molecular formula is C36H54FeO6. The summed E-state index contributed by atoms with van der Waals surface area (Å²) in [5, 5.41) is 20.8. The van der Waals surface area contributed by atoms with E-state index in [2.05, 4.69) is 37.5 Å². The number of rotatable bonds is 12. The van der Waals surface area contributed by atoms with Gasteiger partial charge in [0.15, 0.2) is 11.2 Å². The smallest absolute Gasteiger partial charge is 0.386 e. The molecule has 0 aliphatic heterocycles. The van der Waals surface area contributed by atoms with Gasteiger partial charge in [0.1, 0.15) is 0 Å². The Morgan fingerprint density at radius 1 is 0.581 bits per heavy atom. The topological polar surface area (TPSA) is 77.4 Å². The first-order chi connectivity index (χ1) is 19.2. The van der Waals surface area contributed by atoms with E-state index in [1.165, 1.54) is 0 Å². The summed E-state index contributed by atoms with van der Waals surface area (Å²) in [5.74, 6) is 11.7. The molecule has 2 atom stereocenters. The van der Waals surface area contributed by atoms with Crippen LogP contribution in [-0.2, 0) is 47.8 Å². The monoisotopic (exact) mass is 638 g/mol. The first kappa shape index (κ1) is 41.1. The number of aliphatic hydroxyl groups is 2. The molecule has 0 spiro atoms. The average Bonchev–Trinajstić information content (AvgIpc) is 3.61. The number of hydrogen-bond acceptors (Lipinski definition) is 6. The van der Waals surface area contributed by atoms with Crippen LogP contribution >= 0.6 is 0 Å². The summed E-state index contributed by atoms with van der Waals surface area (Å²) in [6.45, 7) is 22.8. The minimum Gasteiger partial charge on any atom is -0.386 e. The zero-order chi connectivity index (χ0) is 32.3. The van der Waals surface area contributed by atoms with Crippen LogP contribution in [0, 0.1) is 23.7 Å². The third-order valence-electron chi connectivity index (χ3n) is 6.32. The van der Waals surface area contributed by atoms with Crippen LogP contribution in [0.1, 0.15) is 120 Å². The van der Waals surface area contributed by atoms with E-state index in [0.717, 1.165) is 36.8 Å². The van der Waals surface area contributed by atoms with E-state index in [9.17, 15) is 10.2 Å². The predicted octanol–water partition coefficient (Wildman–Crippen LogP) is 7.84. The Morgan fingerprint density at radius 3 is 1.16 bits per heavy atom. The van der Waals surface area contributed by atoms with Gasteiger partial charge in [-0.3, -0.25) is 0 Å². The van der Waals surface area contributed by atoms with Gasteiger partial charge in [-0.1, -0.05) is 50.4 Å². The fraction of sp³-hybridized carbons (Fsp3) is 0.611. The first-order valence-corrected chi connectivity index (χ1v) is 14.9. The van der Waals surface area contributed by atoms with Crippen molar-refractivity contribution in [3.8, 4) is 23.7 Å². The normalized spacial score (nSPS) is 14.8. The van der Waals surface area contributed by atoms with E-state index in [1.54, 1.807) is 13.8 Å². The Hall–Kier alpha value is -1.90. The molecule has 0 aromatic heterocycles. The van der Waals surface area contributed by atoms with Crippen LogP contribution in [0.25, 0.3) is 0 Å². The Bertz CT molecular complexity index is 1070. The molecule has 0 radical (unpaired) electrons. The second-order valence-corrected chi connectivity index (χ2v) is 13.4. The van der Waals surface area contributed by atoms with Gasteiger partial charge in [-0.25, -0.2) is 31.7 Å². The predicted molar refractivity (Wildman–Crippen MR) is 169 cm³/mol. The minimum atomic E-state index is -1.19. The quantitative estimate of drug-likeness (QED) is 0.0811. The molecule has 0 saturated heterocycles. The summed E-state index contributed by atoms with van der Waals surface area (Å²) in [6.07, 6.45) is 3.85. The zero-order valence-electron chi connectivity index (χ0n) is 28.3. The van der Waals surface area contributed by atoms with E-state index >= 15 is 0 Å². The van der Waals surface area contributed by atoms with Crippen molar-refractivity contribution >= 4 is 0 Å². The summed E-state index contributed by atoms with van der Waals surface area (Å²) in [6, 6.07) is 14.9. The fourth-order valence-electron chi connectivity index (χ4n) is 3.85. The van der Waals surface area contributed by atoms with Crippen LogP contribution in [0.3, 0.4) is 0 Å². The van der Waals surface area contributed by atoms with Gasteiger partial charge in [-0.2, -0.15) is 47.5 Å². The molecule has 0 aliphatic carbocycles. The van der Waals surface area contributed by atoms with Gasteiger partial charge in [0, 0.05) is 0 Å². The second kappa shape index (κ2) is 17.0. The maximum atomic E-state index is 10.4. The van der Waals surface area contributed by atoms with Gasteiger partial charge in [0.05, 0.1) is 22.4 Å². The molecule has 6 nitrogen and oxygen atoms in total. The van der Waals surface area contributed by atoms with Gasteiger partial charge in [-0.05, 0) is 82.1 Å². The van der Waals surface area contributed by atoms with Crippen LogP contribution in [0.15, 0.2) is 48.5 Å². The summed E-state index contributed by atoms with van der Waals surface area (Å²) < 4.78 is 0. The molecule has 2 N–H and O–H groups in total. The summed E-state index contributed by atoms with van der Waals surface area (Å²) in [5.41, 5.74) is -3.10. The molecule has 43 heavy (non-hydrogen) atoms. The van der Waals surface area contributed by atoms with E-state index in [-0.39, 0.29) is 28.3 Å². The molecular weight excluding hydrogens is 584 g/mol. The molecule has 0 heterocycles. The molecule has 2 rings (SSSR count). The van der Waals surface area contributed by atoms with Crippen LogP contribution in [0.5, 0.6) is 0 Å². The molecule has 0 bridgehead atoms. The van der Waals surface area contributed by atoms with Gasteiger partial charge in [-0.15, -0.1) is 0 Å². The van der Waals surface area contributed by atoms with Crippen molar-refractivity contribution in [3.63, 3.8) is 0 Å². The molecule has 0 saturated carbocycles. The van der Waals surface area contributed by atoms with Crippen LogP contribution < -0.4 is 0 Å². The SMILES string of the molecule is CCCC(C)(C)OOC(C)(C)C#CC(C)(O)c1cc[cH-]c1.CCCC(C)(C)OOC(C)(C)C#CC(C)(O)c1cc[cH-]c1.[Fe+2]. The van der Waals surface area contributed by atoms with Crippen molar-refractivity contribution in [2.45, 2.75) is 142 Å². The Morgan fingerprint density at radius 2 is 0.907 bits per heavy atom. The van der Waals surface area contributed by atoms with E-state index in [1.807, 2.05) is 104 Å². The Labute approximate surface area is 271 Å². The molecule has 0 aliphatic rings. The maximum absolute atomic E-state index is 10.4. The molecule has 2 aromatic rings. The Kier molecular flexibility index (Phi) is 16.2.